The van der Waals surface area contributed by atoms with Crippen molar-refractivity contribution in [3.8, 4) is 0 Å². The molecule has 1 heterocycles. The molecule has 0 spiro atoms. The molecule has 0 saturated carbocycles. The van der Waals surface area contributed by atoms with Gasteiger partial charge in [-0.15, -0.1) is 0 Å². The largest absolute Gasteiger partial charge is 0.389 e. The first-order valence-electron chi connectivity index (χ1n) is 6.65. The fourth-order valence-corrected chi connectivity index (χ4v) is 2.00. The van der Waals surface area contributed by atoms with Crippen molar-refractivity contribution in [2.24, 2.45) is 0 Å². The monoisotopic (exact) mass is 245 g/mol. The molecule has 1 atom stereocenters. The standard InChI is InChI=1S/C13H27NO3/c1-4-5-7-16-10-12(15)9-14-6-8-17-11-13(14,2)3/h12,15H,4-11H2,1-3H3. The number of hydrogen-bond acceptors (Lipinski definition) is 4. The highest BCUT2D eigenvalue weighted by atomic mass is 16.5. The molecule has 4 nitrogen and oxygen atoms in total. The Labute approximate surface area is 105 Å². The Bertz CT molecular complexity index is 209. The van der Waals surface area contributed by atoms with Gasteiger partial charge in [-0.1, -0.05) is 13.3 Å². The topological polar surface area (TPSA) is 41.9 Å². The third kappa shape index (κ3) is 5.34. The predicted octanol–water partition coefficient (Wildman–Crippen LogP) is 1.27. The minimum atomic E-state index is -0.399. The zero-order chi connectivity index (χ0) is 12.7. The molecule has 0 aromatic rings. The van der Waals surface area contributed by atoms with E-state index in [1.807, 2.05) is 0 Å². The second-order valence-corrected chi connectivity index (χ2v) is 5.39. The average Bonchev–Trinajstić information content (AvgIpc) is 2.27. The fraction of sp³-hybridized carbons (Fsp3) is 1.00. The molecule has 0 amide bonds. The Kier molecular flexibility index (Phi) is 6.41. The number of rotatable bonds is 7. The maximum absolute atomic E-state index is 9.93. The number of morpholine rings is 1. The van der Waals surface area contributed by atoms with Gasteiger partial charge in [0.15, 0.2) is 0 Å². The van der Waals surface area contributed by atoms with Crippen molar-refractivity contribution < 1.29 is 14.6 Å². The third-order valence-electron chi connectivity index (χ3n) is 3.20. The molecule has 102 valence electrons. The highest BCUT2D eigenvalue weighted by Gasteiger charge is 2.31. The molecule has 0 radical (unpaired) electrons. The predicted molar refractivity (Wildman–Crippen MR) is 68.2 cm³/mol. The molecule has 1 aliphatic heterocycles. The zero-order valence-corrected chi connectivity index (χ0v) is 11.4. The van der Waals surface area contributed by atoms with Gasteiger partial charge in [-0.3, -0.25) is 4.90 Å². The molecule has 1 rings (SSSR count). The molecule has 17 heavy (non-hydrogen) atoms. The maximum atomic E-state index is 9.93. The van der Waals surface area contributed by atoms with Gasteiger partial charge in [0, 0.05) is 25.2 Å². The lowest BCUT2D eigenvalue weighted by molar-refractivity contribution is -0.0761. The van der Waals surface area contributed by atoms with Gasteiger partial charge in [0.2, 0.25) is 0 Å². The highest BCUT2D eigenvalue weighted by Crippen LogP contribution is 2.18. The van der Waals surface area contributed by atoms with Crippen molar-refractivity contribution in [3.05, 3.63) is 0 Å². The summed E-state index contributed by atoms with van der Waals surface area (Å²) >= 11 is 0. The van der Waals surface area contributed by atoms with E-state index in [2.05, 4.69) is 25.7 Å². The average molecular weight is 245 g/mol. The van der Waals surface area contributed by atoms with Gasteiger partial charge in [0.05, 0.1) is 25.9 Å². The van der Waals surface area contributed by atoms with Crippen LogP contribution in [0.15, 0.2) is 0 Å². The molecule has 0 bridgehead atoms. The molecule has 1 fully saturated rings. The quantitative estimate of drug-likeness (QED) is 0.686. The lowest BCUT2D eigenvalue weighted by atomic mass is 10.0. The van der Waals surface area contributed by atoms with Crippen molar-refractivity contribution in [3.63, 3.8) is 0 Å². The minimum Gasteiger partial charge on any atom is -0.389 e. The lowest BCUT2D eigenvalue weighted by Crippen LogP contribution is -2.55. The fourth-order valence-electron chi connectivity index (χ4n) is 2.00. The van der Waals surface area contributed by atoms with E-state index in [4.69, 9.17) is 9.47 Å². The number of unbranched alkanes of at least 4 members (excludes halogenated alkanes) is 1. The first-order chi connectivity index (χ1) is 8.06. The number of aliphatic hydroxyl groups is 1. The SMILES string of the molecule is CCCCOCC(O)CN1CCOCC1(C)C. The van der Waals surface area contributed by atoms with E-state index in [9.17, 15) is 5.11 Å². The van der Waals surface area contributed by atoms with E-state index >= 15 is 0 Å². The van der Waals surface area contributed by atoms with Crippen molar-refractivity contribution in [2.75, 3.05) is 39.5 Å². The number of β-amino-alcohol motifs (C(OH)–C–C–N with tert-alkyl or cyclic N) is 1. The molecule has 0 aliphatic carbocycles. The second kappa shape index (κ2) is 7.31. The van der Waals surface area contributed by atoms with Crippen LogP contribution in [-0.2, 0) is 9.47 Å². The molecule has 0 aromatic heterocycles. The summed E-state index contributed by atoms with van der Waals surface area (Å²) in [5.41, 5.74) is 0.0165. The molecule has 1 aliphatic rings. The van der Waals surface area contributed by atoms with Crippen LogP contribution in [0, 0.1) is 0 Å². The first-order valence-corrected chi connectivity index (χ1v) is 6.65. The first kappa shape index (κ1) is 14.9. The van der Waals surface area contributed by atoms with Crippen molar-refractivity contribution in [1.29, 1.82) is 0 Å². The molecule has 4 heteroatoms. The van der Waals surface area contributed by atoms with Crippen molar-refractivity contribution in [1.82, 2.24) is 4.90 Å². The van der Waals surface area contributed by atoms with Crippen LogP contribution in [0.5, 0.6) is 0 Å². The molecular weight excluding hydrogens is 218 g/mol. The van der Waals surface area contributed by atoms with Crippen LogP contribution < -0.4 is 0 Å². The zero-order valence-electron chi connectivity index (χ0n) is 11.4. The second-order valence-electron chi connectivity index (χ2n) is 5.39. The number of nitrogens with zero attached hydrogens (tertiary/aromatic N) is 1. The maximum Gasteiger partial charge on any atom is 0.0900 e. The van der Waals surface area contributed by atoms with Crippen LogP contribution in [-0.4, -0.2) is 61.2 Å². The lowest BCUT2D eigenvalue weighted by Gasteiger charge is -2.42. The van der Waals surface area contributed by atoms with Gasteiger partial charge >= 0.3 is 0 Å². The molecule has 1 unspecified atom stereocenters. The van der Waals surface area contributed by atoms with Crippen LogP contribution >= 0.6 is 0 Å². The van der Waals surface area contributed by atoms with Crippen molar-refractivity contribution in [2.45, 2.75) is 45.3 Å². The summed E-state index contributed by atoms with van der Waals surface area (Å²) in [6, 6.07) is 0. The summed E-state index contributed by atoms with van der Waals surface area (Å²) in [5.74, 6) is 0. The summed E-state index contributed by atoms with van der Waals surface area (Å²) in [6.45, 7) is 10.7. The number of ether oxygens (including phenoxy) is 2. The van der Waals surface area contributed by atoms with Gasteiger partial charge in [-0.25, -0.2) is 0 Å². The smallest absolute Gasteiger partial charge is 0.0900 e. The Morgan fingerprint density at radius 1 is 1.47 bits per heavy atom. The van der Waals surface area contributed by atoms with E-state index in [1.165, 1.54) is 0 Å². The summed E-state index contributed by atoms with van der Waals surface area (Å²) in [6.07, 6.45) is 1.80. The summed E-state index contributed by atoms with van der Waals surface area (Å²) in [7, 11) is 0. The van der Waals surface area contributed by atoms with Crippen LogP contribution in [0.3, 0.4) is 0 Å². The highest BCUT2D eigenvalue weighted by molar-refractivity contribution is 4.85. The number of hydrogen-bond donors (Lipinski definition) is 1. The summed E-state index contributed by atoms with van der Waals surface area (Å²) in [4.78, 5) is 2.28. The van der Waals surface area contributed by atoms with Crippen LogP contribution in [0.4, 0.5) is 0 Å². The normalized spacial score (nSPS) is 22.6. The van der Waals surface area contributed by atoms with Crippen LogP contribution in [0.2, 0.25) is 0 Å². The van der Waals surface area contributed by atoms with E-state index in [0.717, 1.165) is 39.2 Å². The Morgan fingerprint density at radius 2 is 2.24 bits per heavy atom. The van der Waals surface area contributed by atoms with Crippen molar-refractivity contribution >= 4 is 0 Å². The van der Waals surface area contributed by atoms with Crippen LogP contribution in [0.1, 0.15) is 33.6 Å². The molecule has 1 N–H and O–H groups in total. The molecule has 0 aromatic carbocycles. The molecule has 1 saturated heterocycles. The number of aliphatic hydroxyl groups excluding tert-OH is 1. The van der Waals surface area contributed by atoms with E-state index in [0.29, 0.717) is 13.2 Å². The minimum absolute atomic E-state index is 0.0165. The Hall–Kier alpha value is -0.160. The third-order valence-corrected chi connectivity index (χ3v) is 3.20. The molecular formula is C13H27NO3. The van der Waals surface area contributed by atoms with Gasteiger partial charge in [-0.2, -0.15) is 0 Å². The van der Waals surface area contributed by atoms with Gasteiger partial charge < -0.3 is 14.6 Å². The van der Waals surface area contributed by atoms with Gasteiger partial charge in [-0.05, 0) is 20.3 Å². The summed E-state index contributed by atoms with van der Waals surface area (Å²) < 4.78 is 10.9. The van der Waals surface area contributed by atoms with Crippen LogP contribution in [0.25, 0.3) is 0 Å². The van der Waals surface area contributed by atoms with E-state index in [-0.39, 0.29) is 5.54 Å². The van der Waals surface area contributed by atoms with E-state index in [1.54, 1.807) is 0 Å². The summed E-state index contributed by atoms with van der Waals surface area (Å²) in [5, 5.41) is 9.93. The Balaban J connectivity index is 2.22. The Morgan fingerprint density at radius 3 is 2.88 bits per heavy atom. The van der Waals surface area contributed by atoms with E-state index < -0.39 is 6.10 Å². The van der Waals surface area contributed by atoms with Gasteiger partial charge in [0.25, 0.3) is 0 Å². The van der Waals surface area contributed by atoms with Gasteiger partial charge in [0.1, 0.15) is 0 Å².